The third-order valence-corrected chi connectivity index (χ3v) is 3.89. The van der Waals surface area contributed by atoms with Crippen molar-refractivity contribution < 1.29 is 8.42 Å². The van der Waals surface area contributed by atoms with Crippen molar-refractivity contribution in [1.29, 1.82) is 0 Å². The van der Waals surface area contributed by atoms with Crippen LogP contribution in [0.4, 0.5) is 5.95 Å². The molecule has 2 N–H and O–H groups in total. The number of aromatic nitrogens is 2. The van der Waals surface area contributed by atoms with Crippen LogP contribution in [-0.4, -0.2) is 18.4 Å². The van der Waals surface area contributed by atoms with Crippen molar-refractivity contribution in [3.05, 3.63) is 41.2 Å². The number of anilines is 1. The molecule has 0 saturated heterocycles. The van der Waals surface area contributed by atoms with Gasteiger partial charge >= 0.3 is 0 Å². The summed E-state index contributed by atoms with van der Waals surface area (Å²) in [5.41, 5.74) is 0.619. The molecule has 0 amide bonds. The van der Waals surface area contributed by atoms with Gasteiger partial charge in [0.25, 0.3) is 10.0 Å². The number of hydrogen-bond acceptors (Lipinski definition) is 3. The van der Waals surface area contributed by atoms with E-state index in [1.165, 1.54) is 18.5 Å². The first-order valence-corrected chi connectivity index (χ1v) is 6.63. The summed E-state index contributed by atoms with van der Waals surface area (Å²) in [5, 5.41) is 0.371. The first-order valence-electron chi connectivity index (χ1n) is 4.77. The summed E-state index contributed by atoms with van der Waals surface area (Å²) in [6.07, 6.45) is 2.99. The second kappa shape index (κ2) is 4.38. The van der Waals surface area contributed by atoms with Crippen molar-refractivity contribution in [2.24, 2.45) is 0 Å². The van der Waals surface area contributed by atoms with E-state index >= 15 is 0 Å². The Morgan fingerprint density at radius 3 is 2.82 bits per heavy atom. The van der Waals surface area contributed by atoms with Crippen molar-refractivity contribution in [2.75, 3.05) is 4.72 Å². The Hall–Kier alpha value is -1.53. The smallest absolute Gasteiger partial charge is 0.264 e. The van der Waals surface area contributed by atoms with Crippen LogP contribution in [0.25, 0.3) is 0 Å². The fraction of sp³-hybridized carbons (Fsp3) is 0.100. The minimum absolute atomic E-state index is 0.140. The van der Waals surface area contributed by atoms with Gasteiger partial charge < -0.3 is 4.98 Å². The van der Waals surface area contributed by atoms with Crippen LogP contribution < -0.4 is 4.72 Å². The van der Waals surface area contributed by atoms with Gasteiger partial charge in [-0.05, 0) is 24.6 Å². The Balaban J connectivity index is 2.41. The van der Waals surface area contributed by atoms with Crippen LogP contribution in [0.3, 0.4) is 0 Å². The summed E-state index contributed by atoms with van der Waals surface area (Å²) in [4.78, 5) is 6.60. The SMILES string of the molecule is Cc1ccc(Cl)cc1S(=O)(=O)Nc1ncc[nH]1. The van der Waals surface area contributed by atoms with E-state index in [1.807, 2.05) is 0 Å². The van der Waals surface area contributed by atoms with Crippen molar-refractivity contribution in [3.8, 4) is 0 Å². The highest BCUT2D eigenvalue weighted by Gasteiger charge is 2.18. The highest BCUT2D eigenvalue weighted by molar-refractivity contribution is 7.92. The summed E-state index contributed by atoms with van der Waals surface area (Å²) < 4.78 is 26.4. The number of imidazole rings is 1. The zero-order valence-electron chi connectivity index (χ0n) is 8.94. The normalized spacial score (nSPS) is 11.4. The van der Waals surface area contributed by atoms with Gasteiger partial charge in [0, 0.05) is 17.4 Å². The molecular weight excluding hydrogens is 262 g/mol. The van der Waals surface area contributed by atoms with Crippen LogP contribution in [0.1, 0.15) is 5.56 Å². The number of hydrogen-bond donors (Lipinski definition) is 2. The van der Waals surface area contributed by atoms with Crippen LogP contribution in [0.2, 0.25) is 5.02 Å². The van der Waals surface area contributed by atoms with Gasteiger partial charge in [0.2, 0.25) is 5.95 Å². The minimum atomic E-state index is -3.66. The minimum Gasteiger partial charge on any atom is -0.330 e. The van der Waals surface area contributed by atoms with Crippen molar-refractivity contribution >= 4 is 27.6 Å². The van der Waals surface area contributed by atoms with Gasteiger partial charge in [-0.3, -0.25) is 0 Å². The quantitative estimate of drug-likeness (QED) is 0.898. The number of halogens is 1. The number of rotatable bonds is 3. The Kier molecular flexibility index (Phi) is 3.08. The molecule has 0 fully saturated rings. The molecule has 1 aromatic carbocycles. The number of benzene rings is 1. The maximum atomic E-state index is 12.0. The van der Waals surface area contributed by atoms with Crippen LogP contribution in [0.5, 0.6) is 0 Å². The van der Waals surface area contributed by atoms with Crippen LogP contribution >= 0.6 is 11.6 Å². The monoisotopic (exact) mass is 271 g/mol. The van der Waals surface area contributed by atoms with E-state index in [9.17, 15) is 8.42 Å². The fourth-order valence-corrected chi connectivity index (χ4v) is 2.85. The Labute approximate surface area is 104 Å². The van der Waals surface area contributed by atoms with Gasteiger partial charge in [-0.25, -0.2) is 18.1 Å². The predicted octanol–water partition coefficient (Wildman–Crippen LogP) is 2.17. The molecule has 0 unspecified atom stereocenters. The van der Waals surface area contributed by atoms with Crippen LogP contribution in [0, 0.1) is 6.92 Å². The summed E-state index contributed by atoms with van der Waals surface area (Å²) >= 11 is 5.79. The van der Waals surface area contributed by atoms with Crippen molar-refractivity contribution in [2.45, 2.75) is 11.8 Å². The molecular formula is C10H10ClN3O2S. The lowest BCUT2D eigenvalue weighted by atomic mass is 10.2. The summed E-state index contributed by atoms with van der Waals surface area (Å²) in [6, 6.07) is 4.70. The van der Waals surface area contributed by atoms with Crippen molar-refractivity contribution in [3.63, 3.8) is 0 Å². The fourth-order valence-electron chi connectivity index (χ4n) is 1.37. The molecule has 17 heavy (non-hydrogen) atoms. The largest absolute Gasteiger partial charge is 0.330 e. The molecule has 0 radical (unpaired) electrons. The number of nitrogens with one attached hydrogen (secondary N) is 2. The molecule has 2 aromatic rings. The van der Waals surface area contributed by atoms with E-state index in [0.29, 0.717) is 10.6 Å². The molecule has 1 heterocycles. The lowest BCUT2D eigenvalue weighted by Crippen LogP contribution is -2.15. The lowest BCUT2D eigenvalue weighted by Gasteiger charge is -2.08. The van der Waals surface area contributed by atoms with E-state index in [1.54, 1.807) is 19.1 Å². The van der Waals surface area contributed by atoms with Gasteiger partial charge in [-0.2, -0.15) is 0 Å². The zero-order valence-corrected chi connectivity index (χ0v) is 10.5. The summed E-state index contributed by atoms with van der Waals surface area (Å²) in [7, 11) is -3.66. The Morgan fingerprint density at radius 1 is 1.41 bits per heavy atom. The molecule has 2 rings (SSSR count). The molecule has 0 aliphatic heterocycles. The average molecular weight is 272 g/mol. The van der Waals surface area contributed by atoms with Gasteiger partial charge in [0.05, 0.1) is 4.90 Å². The van der Waals surface area contributed by atoms with Crippen LogP contribution in [-0.2, 0) is 10.0 Å². The molecule has 0 saturated carbocycles. The van der Waals surface area contributed by atoms with Gasteiger partial charge in [-0.1, -0.05) is 17.7 Å². The zero-order chi connectivity index (χ0) is 12.5. The molecule has 5 nitrogen and oxygen atoms in total. The topological polar surface area (TPSA) is 74.8 Å². The maximum absolute atomic E-state index is 12.0. The molecule has 0 spiro atoms. The summed E-state index contributed by atoms with van der Waals surface area (Å²) in [6.45, 7) is 1.70. The van der Waals surface area contributed by atoms with Gasteiger partial charge in [0.15, 0.2) is 0 Å². The van der Waals surface area contributed by atoms with E-state index in [-0.39, 0.29) is 10.8 Å². The highest BCUT2D eigenvalue weighted by atomic mass is 35.5. The standard InChI is InChI=1S/C10H10ClN3O2S/c1-7-2-3-8(11)6-9(7)17(15,16)14-10-12-4-5-13-10/h2-6H,1H3,(H2,12,13,14). The van der Waals surface area contributed by atoms with Crippen LogP contribution in [0.15, 0.2) is 35.5 Å². The third kappa shape index (κ3) is 2.59. The lowest BCUT2D eigenvalue weighted by molar-refractivity contribution is 0.600. The third-order valence-electron chi connectivity index (χ3n) is 2.17. The number of aromatic amines is 1. The number of H-pyrrole nitrogens is 1. The van der Waals surface area contributed by atoms with E-state index in [0.717, 1.165) is 0 Å². The molecule has 7 heteroatoms. The predicted molar refractivity (Wildman–Crippen MR) is 65.6 cm³/mol. The van der Waals surface area contributed by atoms with Gasteiger partial charge in [0.1, 0.15) is 0 Å². The number of sulfonamides is 1. The second-order valence-corrected chi connectivity index (χ2v) is 5.54. The second-order valence-electron chi connectivity index (χ2n) is 3.45. The molecule has 90 valence electrons. The maximum Gasteiger partial charge on any atom is 0.264 e. The number of nitrogens with zero attached hydrogens (tertiary/aromatic N) is 1. The molecule has 1 aromatic heterocycles. The van der Waals surface area contributed by atoms with E-state index < -0.39 is 10.0 Å². The molecule has 0 aliphatic carbocycles. The number of aryl methyl sites for hydroxylation is 1. The first-order chi connectivity index (χ1) is 7.99. The van der Waals surface area contributed by atoms with E-state index in [2.05, 4.69) is 14.7 Å². The average Bonchev–Trinajstić information content (AvgIpc) is 2.73. The van der Waals surface area contributed by atoms with Gasteiger partial charge in [-0.15, -0.1) is 0 Å². The molecule has 0 atom stereocenters. The Morgan fingerprint density at radius 2 is 2.18 bits per heavy atom. The molecule has 0 bridgehead atoms. The van der Waals surface area contributed by atoms with E-state index in [4.69, 9.17) is 11.6 Å². The van der Waals surface area contributed by atoms with Crippen molar-refractivity contribution in [1.82, 2.24) is 9.97 Å². The Bertz CT molecular complexity index is 623. The highest BCUT2D eigenvalue weighted by Crippen LogP contribution is 2.21. The first kappa shape index (κ1) is 11.9. The summed E-state index contributed by atoms with van der Waals surface area (Å²) in [5.74, 6) is 0.171. The molecule has 0 aliphatic rings.